The Labute approximate surface area is 124 Å². The lowest BCUT2D eigenvalue weighted by molar-refractivity contribution is -0.152. The Kier molecular flexibility index (Phi) is 4.02. The zero-order valence-electron chi connectivity index (χ0n) is 12.0. The van der Waals surface area contributed by atoms with Crippen LogP contribution in [0, 0.1) is 0 Å². The molecule has 2 aromatic rings. The molecule has 0 unspecified atom stereocenters. The largest absolute Gasteiger partial charge is 0.462 e. The molecule has 0 radical (unpaired) electrons. The quantitative estimate of drug-likeness (QED) is 0.879. The number of nitrogens with one attached hydrogen (secondary N) is 1. The molecule has 1 N–H and O–H groups in total. The van der Waals surface area contributed by atoms with Crippen LogP contribution in [0.25, 0.3) is 0 Å². The van der Waals surface area contributed by atoms with Crippen molar-refractivity contribution in [1.29, 1.82) is 0 Å². The molecule has 3 atom stereocenters. The van der Waals surface area contributed by atoms with Gasteiger partial charge in [-0.2, -0.15) is 0 Å². The van der Waals surface area contributed by atoms with E-state index in [1.54, 1.807) is 0 Å². The SMILES string of the molecule is C[C@@H](c1ccccc1)[C@@H]1N[C@@H](c2ccccc2)COC1=O. The van der Waals surface area contributed by atoms with E-state index in [2.05, 4.69) is 24.4 Å². The van der Waals surface area contributed by atoms with Gasteiger partial charge in [0.05, 0.1) is 6.04 Å². The summed E-state index contributed by atoms with van der Waals surface area (Å²) in [5, 5.41) is 3.44. The van der Waals surface area contributed by atoms with Crippen LogP contribution in [0.4, 0.5) is 0 Å². The van der Waals surface area contributed by atoms with Gasteiger partial charge < -0.3 is 4.74 Å². The summed E-state index contributed by atoms with van der Waals surface area (Å²) >= 11 is 0. The molecule has 2 aromatic carbocycles. The number of hydrogen-bond acceptors (Lipinski definition) is 3. The molecule has 21 heavy (non-hydrogen) atoms. The molecule has 0 bridgehead atoms. The Morgan fingerprint density at radius 2 is 1.67 bits per heavy atom. The number of esters is 1. The van der Waals surface area contributed by atoms with Gasteiger partial charge in [-0.05, 0) is 11.1 Å². The molecule has 0 aliphatic carbocycles. The van der Waals surface area contributed by atoms with Crippen molar-refractivity contribution >= 4 is 5.97 Å². The fourth-order valence-corrected chi connectivity index (χ4v) is 2.76. The van der Waals surface area contributed by atoms with Crippen molar-refractivity contribution in [3.05, 3.63) is 71.8 Å². The lowest BCUT2D eigenvalue weighted by atomic mass is 9.91. The minimum atomic E-state index is -0.314. The Balaban J connectivity index is 1.79. The maximum absolute atomic E-state index is 12.1. The Hall–Kier alpha value is -2.13. The van der Waals surface area contributed by atoms with Gasteiger partial charge in [0.1, 0.15) is 12.6 Å². The standard InChI is InChI=1S/C18H19NO2/c1-13(14-8-4-2-5-9-14)17-18(20)21-12-16(19-17)15-10-6-3-7-11-15/h2-11,13,16-17,19H,12H2,1H3/t13-,16+,17-/m0/s1. The van der Waals surface area contributed by atoms with E-state index in [9.17, 15) is 4.79 Å². The van der Waals surface area contributed by atoms with Crippen LogP contribution in [0.2, 0.25) is 0 Å². The van der Waals surface area contributed by atoms with E-state index in [4.69, 9.17) is 4.74 Å². The number of carbonyl (C=O) groups excluding carboxylic acids is 1. The second kappa shape index (κ2) is 6.10. The van der Waals surface area contributed by atoms with Crippen molar-refractivity contribution in [3.8, 4) is 0 Å². The molecule has 0 spiro atoms. The van der Waals surface area contributed by atoms with Crippen LogP contribution in [0.5, 0.6) is 0 Å². The van der Waals surface area contributed by atoms with Gasteiger partial charge in [0.2, 0.25) is 0 Å². The topological polar surface area (TPSA) is 38.3 Å². The van der Waals surface area contributed by atoms with Gasteiger partial charge in [0.15, 0.2) is 0 Å². The van der Waals surface area contributed by atoms with Gasteiger partial charge in [0.25, 0.3) is 0 Å². The van der Waals surface area contributed by atoms with Crippen molar-refractivity contribution in [3.63, 3.8) is 0 Å². The lowest BCUT2D eigenvalue weighted by Gasteiger charge is -2.33. The third kappa shape index (κ3) is 2.98. The highest BCUT2D eigenvalue weighted by molar-refractivity contribution is 5.78. The Bertz CT molecular complexity index is 597. The van der Waals surface area contributed by atoms with Gasteiger partial charge in [-0.1, -0.05) is 67.6 Å². The minimum Gasteiger partial charge on any atom is -0.462 e. The summed E-state index contributed by atoms with van der Waals surface area (Å²) in [4.78, 5) is 12.1. The molecule has 1 heterocycles. The smallest absolute Gasteiger partial charge is 0.323 e. The van der Waals surface area contributed by atoms with Crippen LogP contribution in [0.1, 0.15) is 30.0 Å². The van der Waals surface area contributed by atoms with Gasteiger partial charge >= 0.3 is 5.97 Å². The first-order valence-corrected chi connectivity index (χ1v) is 7.28. The maximum atomic E-state index is 12.1. The highest BCUT2D eigenvalue weighted by atomic mass is 16.5. The van der Waals surface area contributed by atoms with E-state index in [1.807, 2.05) is 48.5 Å². The fraction of sp³-hybridized carbons (Fsp3) is 0.278. The Morgan fingerprint density at radius 3 is 2.33 bits per heavy atom. The number of benzene rings is 2. The van der Waals surface area contributed by atoms with Crippen molar-refractivity contribution in [2.45, 2.75) is 24.9 Å². The summed E-state index contributed by atoms with van der Waals surface area (Å²) in [6.45, 7) is 2.45. The summed E-state index contributed by atoms with van der Waals surface area (Å²) in [7, 11) is 0. The lowest BCUT2D eigenvalue weighted by Crippen LogP contribution is -2.49. The predicted molar refractivity (Wildman–Crippen MR) is 81.9 cm³/mol. The highest BCUT2D eigenvalue weighted by Crippen LogP contribution is 2.26. The number of rotatable bonds is 3. The molecule has 0 saturated carbocycles. The second-order valence-corrected chi connectivity index (χ2v) is 5.44. The van der Waals surface area contributed by atoms with Gasteiger partial charge in [-0.3, -0.25) is 10.1 Å². The van der Waals surface area contributed by atoms with E-state index in [-0.39, 0.29) is 24.0 Å². The molecule has 1 saturated heterocycles. The Morgan fingerprint density at radius 1 is 1.05 bits per heavy atom. The second-order valence-electron chi connectivity index (χ2n) is 5.44. The van der Waals surface area contributed by atoms with Crippen LogP contribution in [-0.2, 0) is 9.53 Å². The average molecular weight is 281 g/mol. The van der Waals surface area contributed by atoms with Crippen LogP contribution in [0.3, 0.4) is 0 Å². The van der Waals surface area contributed by atoms with Gasteiger partial charge in [0, 0.05) is 5.92 Å². The summed E-state index contributed by atoms with van der Waals surface area (Å²) in [6.07, 6.45) is 0. The summed E-state index contributed by atoms with van der Waals surface area (Å²) in [6, 6.07) is 19.9. The summed E-state index contributed by atoms with van der Waals surface area (Å²) < 4.78 is 5.40. The molecule has 1 aliphatic rings. The van der Waals surface area contributed by atoms with Crippen LogP contribution in [-0.4, -0.2) is 18.6 Å². The molecule has 3 heteroatoms. The predicted octanol–water partition coefficient (Wildman–Crippen LogP) is 3.05. The van der Waals surface area contributed by atoms with Crippen molar-refractivity contribution in [2.24, 2.45) is 0 Å². The van der Waals surface area contributed by atoms with Crippen molar-refractivity contribution in [1.82, 2.24) is 5.32 Å². The number of morpholine rings is 1. The molecule has 3 nitrogen and oxygen atoms in total. The highest BCUT2D eigenvalue weighted by Gasteiger charge is 2.34. The van der Waals surface area contributed by atoms with Crippen molar-refractivity contribution < 1.29 is 9.53 Å². The van der Waals surface area contributed by atoms with E-state index in [0.717, 1.165) is 11.1 Å². The summed E-state index contributed by atoms with van der Waals surface area (Å²) in [5.74, 6) is -0.0938. The first-order valence-electron chi connectivity index (χ1n) is 7.28. The van der Waals surface area contributed by atoms with Crippen LogP contribution in [0.15, 0.2) is 60.7 Å². The normalized spacial score (nSPS) is 23.4. The fourth-order valence-electron chi connectivity index (χ4n) is 2.76. The number of carbonyl (C=O) groups is 1. The molecule has 0 amide bonds. The molecular formula is C18H19NO2. The van der Waals surface area contributed by atoms with Crippen molar-refractivity contribution in [2.75, 3.05) is 6.61 Å². The number of ether oxygens (including phenoxy) is 1. The van der Waals surface area contributed by atoms with E-state index in [1.165, 1.54) is 0 Å². The third-order valence-corrected chi connectivity index (χ3v) is 4.05. The minimum absolute atomic E-state index is 0.0556. The van der Waals surface area contributed by atoms with Crippen LogP contribution < -0.4 is 5.32 Å². The maximum Gasteiger partial charge on any atom is 0.323 e. The zero-order valence-corrected chi connectivity index (χ0v) is 12.0. The third-order valence-electron chi connectivity index (χ3n) is 4.05. The van der Waals surface area contributed by atoms with E-state index < -0.39 is 0 Å². The van der Waals surface area contributed by atoms with E-state index >= 15 is 0 Å². The van der Waals surface area contributed by atoms with Crippen LogP contribution >= 0.6 is 0 Å². The monoisotopic (exact) mass is 281 g/mol. The molecule has 3 rings (SSSR count). The average Bonchev–Trinajstić information content (AvgIpc) is 2.56. The first kappa shape index (κ1) is 13.8. The first-order chi connectivity index (χ1) is 10.3. The number of cyclic esters (lactones) is 1. The number of hydrogen-bond donors (Lipinski definition) is 1. The molecular weight excluding hydrogens is 262 g/mol. The van der Waals surface area contributed by atoms with Gasteiger partial charge in [-0.25, -0.2) is 0 Å². The molecule has 108 valence electrons. The zero-order chi connectivity index (χ0) is 14.7. The molecule has 1 aliphatic heterocycles. The molecule has 0 aromatic heterocycles. The van der Waals surface area contributed by atoms with E-state index in [0.29, 0.717) is 6.61 Å². The summed E-state index contributed by atoms with van der Waals surface area (Å²) in [5.41, 5.74) is 2.29. The van der Waals surface area contributed by atoms with Gasteiger partial charge in [-0.15, -0.1) is 0 Å². The molecule has 1 fully saturated rings.